The van der Waals surface area contributed by atoms with E-state index in [1.165, 1.54) is 11.0 Å². The lowest BCUT2D eigenvalue weighted by Crippen LogP contribution is -2.21. The summed E-state index contributed by atoms with van der Waals surface area (Å²) in [6, 6.07) is 12.2. The van der Waals surface area contributed by atoms with Gasteiger partial charge in [-0.15, -0.1) is 0 Å². The molecule has 0 heterocycles. The lowest BCUT2D eigenvalue weighted by Gasteiger charge is -2.12. The van der Waals surface area contributed by atoms with Gasteiger partial charge < -0.3 is 10.2 Å². The number of benzene rings is 2. The summed E-state index contributed by atoms with van der Waals surface area (Å²) in [5.74, 6) is -0.251. The molecule has 0 aromatic heterocycles. The predicted octanol–water partition coefficient (Wildman–Crippen LogP) is 3.45. The first-order chi connectivity index (χ1) is 9.97. The van der Waals surface area contributed by atoms with E-state index in [1.54, 1.807) is 32.3 Å². The molecule has 0 fully saturated rings. The Bertz CT molecular complexity index is 636. The molecule has 1 amide bonds. The molecule has 2 rings (SSSR count). The number of amides is 1. The number of nitrogens with zero attached hydrogens (tertiary/aromatic N) is 1. The Labute approximate surface area is 124 Å². The molecule has 0 atom stereocenters. The molecule has 110 valence electrons. The van der Waals surface area contributed by atoms with E-state index in [1.807, 2.05) is 25.1 Å². The van der Waals surface area contributed by atoms with Gasteiger partial charge in [0, 0.05) is 37.5 Å². The van der Waals surface area contributed by atoms with Crippen LogP contribution >= 0.6 is 0 Å². The molecule has 21 heavy (non-hydrogen) atoms. The van der Waals surface area contributed by atoms with Gasteiger partial charge in [0.05, 0.1) is 0 Å². The van der Waals surface area contributed by atoms with Gasteiger partial charge in [0.1, 0.15) is 5.82 Å². The zero-order valence-electron chi connectivity index (χ0n) is 12.5. The van der Waals surface area contributed by atoms with E-state index in [0.717, 1.165) is 11.3 Å². The van der Waals surface area contributed by atoms with Crippen molar-refractivity contribution in [1.82, 2.24) is 4.90 Å². The van der Waals surface area contributed by atoms with Crippen LogP contribution in [0.3, 0.4) is 0 Å². The van der Waals surface area contributed by atoms with Crippen LogP contribution in [0, 0.1) is 12.7 Å². The average Bonchev–Trinajstić information content (AvgIpc) is 2.48. The van der Waals surface area contributed by atoms with Crippen LogP contribution < -0.4 is 5.32 Å². The topological polar surface area (TPSA) is 32.3 Å². The SMILES string of the molecule is Cc1ccc(F)c(CNc2ccc(C(=O)N(C)C)cc2)c1. The van der Waals surface area contributed by atoms with E-state index >= 15 is 0 Å². The molecule has 4 heteroatoms. The Morgan fingerprint density at radius 3 is 2.43 bits per heavy atom. The maximum atomic E-state index is 13.6. The average molecular weight is 286 g/mol. The highest BCUT2D eigenvalue weighted by Crippen LogP contribution is 2.15. The van der Waals surface area contributed by atoms with Crippen molar-refractivity contribution in [2.24, 2.45) is 0 Å². The third kappa shape index (κ3) is 3.81. The molecule has 2 aromatic rings. The van der Waals surface area contributed by atoms with E-state index in [-0.39, 0.29) is 11.7 Å². The number of carbonyl (C=O) groups excluding carboxylic acids is 1. The van der Waals surface area contributed by atoms with Gasteiger partial charge in [0.15, 0.2) is 0 Å². The minimum Gasteiger partial charge on any atom is -0.381 e. The molecule has 0 bridgehead atoms. The summed E-state index contributed by atoms with van der Waals surface area (Å²) in [6.45, 7) is 2.35. The summed E-state index contributed by atoms with van der Waals surface area (Å²) in [5.41, 5.74) is 3.14. The molecule has 0 saturated heterocycles. The van der Waals surface area contributed by atoms with Crippen LogP contribution in [0.5, 0.6) is 0 Å². The molecule has 0 aliphatic rings. The minimum absolute atomic E-state index is 0.0359. The summed E-state index contributed by atoms with van der Waals surface area (Å²) < 4.78 is 13.6. The van der Waals surface area contributed by atoms with Crippen LogP contribution in [0.1, 0.15) is 21.5 Å². The Morgan fingerprint density at radius 2 is 1.81 bits per heavy atom. The first kappa shape index (κ1) is 15.0. The van der Waals surface area contributed by atoms with Crippen LogP contribution in [0.15, 0.2) is 42.5 Å². The molecule has 0 aliphatic heterocycles. The normalized spacial score (nSPS) is 10.3. The number of nitrogens with one attached hydrogen (secondary N) is 1. The molecule has 0 radical (unpaired) electrons. The molecule has 0 spiro atoms. The first-order valence-corrected chi connectivity index (χ1v) is 6.78. The number of halogens is 1. The summed E-state index contributed by atoms with van der Waals surface area (Å²) in [6.07, 6.45) is 0. The van der Waals surface area contributed by atoms with E-state index in [9.17, 15) is 9.18 Å². The van der Waals surface area contributed by atoms with Gasteiger partial charge in [-0.3, -0.25) is 4.79 Å². The van der Waals surface area contributed by atoms with Crippen LogP contribution in [0.2, 0.25) is 0 Å². The van der Waals surface area contributed by atoms with Crippen molar-refractivity contribution < 1.29 is 9.18 Å². The van der Waals surface area contributed by atoms with Crippen molar-refractivity contribution in [3.05, 3.63) is 65.0 Å². The summed E-state index contributed by atoms with van der Waals surface area (Å²) in [5, 5.41) is 3.16. The van der Waals surface area contributed by atoms with E-state index in [0.29, 0.717) is 17.7 Å². The van der Waals surface area contributed by atoms with Crippen LogP contribution in [-0.2, 0) is 6.54 Å². The van der Waals surface area contributed by atoms with E-state index < -0.39 is 0 Å². The van der Waals surface area contributed by atoms with Gasteiger partial charge >= 0.3 is 0 Å². The number of aryl methyl sites for hydroxylation is 1. The molecule has 0 aliphatic carbocycles. The number of hydrogen-bond donors (Lipinski definition) is 1. The smallest absolute Gasteiger partial charge is 0.253 e. The fourth-order valence-electron chi connectivity index (χ4n) is 2.03. The van der Waals surface area contributed by atoms with Gasteiger partial charge in [0.25, 0.3) is 5.91 Å². The van der Waals surface area contributed by atoms with Crippen molar-refractivity contribution >= 4 is 11.6 Å². The van der Waals surface area contributed by atoms with Gasteiger partial charge in [-0.1, -0.05) is 17.7 Å². The third-order valence-electron chi connectivity index (χ3n) is 3.22. The van der Waals surface area contributed by atoms with Gasteiger partial charge in [-0.05, 0) is 37.3 Å². The molecule has 2 aromatic carbocycles. The summed E-state index contributed by atoms with van der Waals surface area (Å²) >= 11 is 0. The van der Waals surface area contributed by atoms with Crippen LogP contribution in [0.25, 0.3) is 0 Å². The molecule has 1 N–H and O–H groups in total. The highest BCUT2D eigenvalue weighted by Gasteiger charge is 2.07. The highest BCUT2D eigenvalue weighted by molar-refractivity contribution is 5.94. The lowest BCUT2D eigenvalue weighted by atomic mass is 10.1. The molecular weight excluding hydrogens is 267 g/mol. The number of carbonyl (C=O) groups is 1. The zero-order valence-corrected chi connectivity index (χ0v) is 12.5. The number of anilines is 1. The Morgan fingerprint density at radius 1 is 1.14 bits per heavy atom. The van der Waals surface area contributed by atoms with Crippen LogP contribution in [0.4, 0.5) is 10.1 Å². The second-order valence-corrected chi connectivity index (χ2v) is 5.23. The standard InChI is InChI=1S/C17H19FN2O/c1-12-4-9-16(18)14(10-12)11-19-15-7-5-13(6-8-15)17(21)20(2)3/h4-10,19H,11H2,1-3H3. The molecule has 0 unspecified atom stereocenters. The second-order valence-electron chi connectivity index (χ2n) is 5.23. The molecule has 0 saturated carbocycles. The first-order valence-electron chi connectivity index (χ1n) is 6.78. The maximum Gasteiger partial charge on any atom is 0.253 e. The Balaban J connectivity index is 2.04. The van der Waals surface area contributed by atoms with Crippen molar-refractivity contribution in [2.75, 3.05) is 19.4 Å². The highest BCUT2D eigenvalue weighted by atomic mass is 19.1. The van der Waals surface area contributed by atoms with E-state index in [4.69, 9.17) is 0 Å². The van der Waals surface area contributed by atoms with Gasteiger partial charge in [-0.25, -0.2) is 4.39 Å². The third-order valence-corrected chi connectivity index (χ3v) is 3.22. The quantitative estimate of drug-likeness (QED) is 0.933. The fourth-order valence-corrected chi connectivity index (χ4v) is 2.03. The predicted molar refractivity (Wildman–Crippen MR) is 82.9 cm³/mol. The molecule has 3 nitrogen and oxygen atoms in total. The van der Waals surface area contributed by atoms with Crippen molar-refractivity contribution in [3.63, 3.8) is 0 Å². The molecular formula is C17H19FN2O. The van der Waals surface area contributed by atoms with Crippen molar-refractivity contribution in [3.8, 4) is 0 Å². The van der Waals surface area contributed by atoms with Gasteiger partial charge in [-0.2, -0.15) is 0 Å². The lowest BCUT2D eigenvalue weighted by molar-refractivity contribution is 0.0827. The largest absolute Gasteiger partial charge is 0.381 e. The van der Waals surface area contributed by atoms with Crippen molar-refractivity contribution in [2.45, 2.75) is 13.5 Å². The fraction of sp³-hybridized carbons (Fsp3) is 0.235. The number of hydrogen-bond acceptors (Lipinski definition) is 2. The number of rotatable bonds is 4. The summed E-state index contributed by atoms with van der Waals surface area (Å²) in [4.78, 5) is 13.3. The second kappa shape index (κ2) is 6.39. The van der Waals surface area contributed by atoms with Gasteiger partial charge in [0.2, 0.25) is 0 Å². The monoisotopic (exact) mass is 286 g/mol. The minimum atomic E-state index is -0.215. The Kier molecular flexibility index (Phi) is 4.58. The van der Waals surface area contributed by atoms with Crippen molar-refractivity contribution in [1.29, 1.82) is 0 Å². The van der Waals surface area contributed by atoms with Crippen LogP contribution in [-0.4, -0.2) is 24.9 Å². The zero-order chi connectivity index (χ0) is 15.4. The summed E-state index contributed by atoms with van der Waals surface area (Å²) in [7, 11) is 3.43. The maximum absolute atomic E-state index is 13.6. The van der Waals surface area contributed by atoms with E-state index in [2.05, 4.69) is 5.32 Å². The Hall–Kier alpha value is -2.36.